The van der Waals surface area contributed by atoms with E-state index < -0.39 is 5.24 Å². The van der Waals surface area contributed by atoms with Gasteiger partial charge in [-0.15, -0.1) is 0 Å². The molecule has 3 heteroatoms. The van der Waals surface area contributed by atoms with Crippen molar-refractivity contribution in [3.63, 3.8) is 0 Å². The van der Waals surface area contributed by atoms with Gasteiger partial charge in [-0.2, -0.15) is 0 Å². The lowest BCUT2D eigenvalue weighted by atomic mass is 10.0. The number of rotatable bonds is 4. The van der Waals surface area contributed by atoms with Crippen molar-refractivity contribution < 1.29 is 4.79 Å². The van der Waals surface area contributed by atoms with Crippen molar-refractivity contribution >= 4 is 27.7 Å². The van der Waals surface area contributed by atoms with Crippen LogP contribution in [-0.4, -0.2) is 9.81 Å². The standard InChI is InChI=1S/C19H18ClNO/c1-3-17(14-7-5-4-6-8-14)21-12-16(19(20)22)15-11-13(2)9-10-18(15)21/h4-12,17H,3H2,1-2H3. The van der Waals surface area contributed by atoms with Crippen LogP contribution in [0.5, 0.6) is 0 Å². The number of hydrogen-bond donors (Lipinski definition) is 0. The van der Waals surface area contributed by atoms with Gasteiger partial charge >= 0.3 is 0 Å². The third-order valence-corrected chi connectivity index (χ3v) is 4.31. The number of fused-ring (bicyclic) bond motifs is 1. The summed E-state index contributed by atoms with van der Waals surface area (Å²) in [6, 6.07) is 16.7. The minimum atomic E-state index is -0.405. The third kappa shape index (κ3) is 2.55. The van der Waals surface area contributed by atoms with Crippen molar-refractivity contribution in [1.29, 1.82) is 0 Å². The van der Waals surface area contributed by atoms with Crippen LogP contribution in [0.3, 0.4) is 0 Å². The second kappa shape index (κ2) is 5.98. The monoisotopic (exact) mass is 311 g/mol. The van der Waals surface area contributed by atoms with E-state index in [1.54, 1.807) is 0 Å². The van der Waals surface area contributed by atoms with Crippen molar-refractivity contribution in [3.05, 3.63) is 71.4 Å². The van der Waals surface area contributed by atoms with Gasteiger partial charge in [0, 0.05) is 17.1 Å². The van der Waals surface area contributed by atoms with Crippen LogP contribution in [0, 0.1) is 6.92 Å². The lowest BCUT2D eigenvalue weighted by molar-refractivity contribution is 0.108. The van der Waals surface area contributed by atoms with Gasteiger partial charge in [-0.1, -0.05) is 48.9 Å². The molecule has 0 aliphatic heterocycles. The Morgan fingerprint density at radius 3 is 2.55 bits per heavy atom. The second-order valence-corrected chi connectivity index (χ2v) is 5.92. The molecule has 0 saturated carbocycles. The van der Waals surface area contributed by atoms with Gasteiger partial charge in [-0.25, -0.2) is 0 Å². The van der Waals surface area contributed by atoms with Crippen LogP contribution in [0.4, 0.5) is 0 Å². The number of carbonyl (C=O) groups is 1. The first kappa shape index (κ1) is 14.9. The molecule has 2 aromatic carbocycles. The molecule has 0 fully saturated rings. The Hall–Kier alpha value is -2.06. The van der Waals surface area contributed by atoms with Gasteiger partial charge in [0.15, 0.2) is 0 Å². The molecule has 0 aliphatic carbocycles. The molecule has 0 radical (unpaired) electrons. The number of aryl methyl sites for hydroxylation is 1. The predicted molar refractivity (Wildman–Crippen MR) is 91.7 cm³/mol. The van der Waals surface area contributed by atoms with Gasteiger partial charge in [0.05, 0.1) is 11.6 Å². The largest absolute Gasteiger partial charge is 0.339 e. The Kier molecular flexibility index (Phi) is 4.04. The van der Waals surface area contributed by atoms with E-state index in [4.69, 9.17) is 11.6 Å². The molecule has 0 aliphatic rings. The molecule has 1 heterocycles. The number of carbonyl (C=O) groups excluding carboxylic acids is 1. The normalized spacial score (nSPS) is 12.5. The highest BCUT2D eigenvalue weighted by molar-refractivity contribution is 6.68. The molecule has 0 amide bonds. The van der Waals surface area contributed by atoms with Crippen LogP contribution >= 0.6 is 11.6 Å². The molecule has 112 valence electrons. The Balaban J connectivity index is 2.24. The Bertz CT molecular complexity index is 820. The van der Waals surface area contributed by atoms with Crippen LogP contribution in [0.25, 0.3) is 10.9 Å². The topological polar surface area (TPSA) is 22.0 Å². The van der Waals surface area contributed by atoms with Crippen LogP contribution in [0.2, 0.25) is 0 Å². The smallest absolute Gasteiger partial charge is 0.254 e. The zero-order valence-electron chi connectivity index (χ0n) is 12.7. The van der Waals surface area contributed by atoms with E-state index in [9.17, 15) is 4.79 Å². The van der Waals surface area contributed by atoms with E-state index in [2.05, 4.69) is 35.8 Å². The maximum absolute atomic E-state index is 11.8. The number of halogens is 1. The SMILES string of the molecule is CCC(c1ccccc1)n1cc(C(=O)Cl)c2cc(C)ccc21. The number of nitrogens with zero attached hydrogens (tertiary/aromatic N) is 1. The summed E-state index contributed by atoms with van der Waals surface area (Å²) in [5, 5.41) is 0.520. The highest BCUT2D eigenvalue weighted by Gasteiger charge is 2.19. The first-order valence-electron chi connectivity index (χ1n) is 7.47. The first-order chi connectivity index (χ1) is 10.6. The summed E-state index contributed by atoms with van der Waals surface area (Å²) >= 11 is 5.79. The van der Waals surface area contributed by atoms with Crippen molar-refractivity contribution in [3.8, 4) is 0 Å². The number of hydrogen-bond acceptors (Lipinski definition) is 1. The molecule has 1 unspecified atom stereocenters. The minimum Gasteiger partial charge on any atom is -0.339 e. The molecule has 3 aromatic rings. The van der Waals surface area contributed by atoms with Crippen LogP contribution in [0.15, 0.2) is 54.7 Å². The molecule has 1 aromatic heterocycles. The van der Waals surface area contributed by atoms with Crippen LogP contribution < -0.4 is 0 Å². The molecule has 0 saturated heterocycles. The summed E-state index contributed by atoms with van der Waals surface area (Å²) in [7, 11) is 0. The fourth-order valence-corrected chi connectivity index (χ4v) is 3.20. The molecule has 2 nitrogen and oxygen atoms in total. The van der Waals surface area contributed by atoms with E-state index in [1.807, 2.05) is 37.4 Å². The summed E-state index contributed by atoms with van der Waals surface area (Å²) in [5.41, 5.74) is 3.98. The lowest BCUT2D eigenvalue weighted by Gasteiger charge is -2.19. The van der Waals surface area contributed by atoms with Crippen LogP contribution in [0.1, 0.15) is 40.9 Å². The quantitative estimate of drug-likeness (QED) is 0.597. The fourth-order valence-electron chi connectivity index (χ4n) is 3.05. The summed E-state index contributed by atoms with van der Waals surface area (Å²) in [6.07, 6.45) is 2.83. The van der Waals surface area contributed by atoms with Gasteiger partial charge in [-0.3, -0.25) is 4.79 Å². The van der Waals surface area contributed by atoms with E-state index in [0.29, 0.717) is 5.56 Å². The van der Waals surface area contributed by atoms with E-state index in [1.165, 1.54) is 5.56 Å². The van der Waals surface area contributed by atoms with Gasteiger partial charge in [-0.05, 0) is 42.6 Å². The summed E-state index contributed by atoms with van der Waals surface area (Å²) in [4.78, 5) is 11.8. The maximum atomic E-state index is 11.8. The van der Waals surface area contributed by atoms with Gasteiger partial charge < -0.3 is 4.57 Å². The average molecular weight is 312 g/mol. The molecule has 1 atom stereocenters. The van der Waals surface area contributed by atoms with E-state index in [0.717, 1.165) is 22.9 Å². The molecule has 0 bridgehead atoms. The van der Waals surface area contributed by atoms with Crippen LogP contribution in [-0.2, 0) is 0 Å². The maximum Gasteiger partial charge on any atom is 0.254 e. The van der Waals surface area contributed by atoms with Crippen molar-refractivity contribution in [1.82, 2.24) is 4.57 Å². The van der Waals surface area contributed by atoms with Crippen molar-refractivity contribution in [2.45, 2.75) is 26.3 Å². The minimum absolute atomic E-state index is 0.191. The van der Waals surface area contributed by atoms with E-state index >= 15 is 0 Å². The van der Waals surface area contributed by atoms with Crippen molar-refractivity contribution in [2.24, 2.45) is 0 Å². The molecule has 3 rings (SSSR count). The summed E-state index contributed by atoms with van der Waals surface area (Å²) in [6.45, 7) is 4.17. The highest BCUT2D eigenvalue weighted by Crippen LogP contribution is 2.31. The number of aromatic nitrogens is 1. The highest BCUT2D eigenvalue weighted by atomic mass is 35.5. The number of benzene rings is 2. The van der Waals surface area contributed by atoms with Gasteiger partial charge in [0.1, 0.15) is 0 Å². The summed E-state index contributed by atoms with van der Waals surface area (Å²) < 4.78 is 2.17. The molecule has 0 spiro atoms. The Morgan fingerprint density at radius 2 is 1.91 bits per heavy atom. The average Bonchev–Trinajstić information content (AvgIpc) is 2.88. The first-order valence-corrected chi connectivity index (χ1v) is 7.85. The lowest BCUT2D eigenvalue weighted by Crippen LogP contribution is -2.08. The molecule has 22 heavy (non-hydrogen) atoms. The predicted octanol–water partition coefficient (Wildman–Crippen LogP) is 5.33. The fraction of sp³-hybridized carbons (Fsp3) is 0.211. The zero-order valence-corrected chi connectivity index (χ0v) is 13.5. The Morgan fingerprint density at radius 1 is 1.18 bits per heavy atom. The molecular weight excluding hydrogens is 294 g/mol. The third-order valence-electron chi connectivity index (χ3n) is 4.11. The second-order valence-electron chi connectivity index (χ2n) is 5.58. The summed E-state index contributed by atoms with van der Waals surface area (Å²) in [5.74, 6) is 0. The zero-order chi connectivity index (χ0) is 15.7. The van der Waals surface area contributed by atoms with Gasteiger partial charge in [0.25, 0.3) is 5.24 Å². The Labute approximate surface area is 135 Å². The molecular formula is C19H18ClNO. The van der Waals surface area contributed by atoms with Crippen molar-refractivity contribution in [2.75, 3.05) is 0 Å². The van der Waals surface area contributed by atoms with E-state index in [-0.39, 0.29) is 6.04 Å². The van der Waals surface area contributed by atoms with Gasteiger partial charge in [0.2, 0.25) is 0 Å². The molecule has 0 N–H and O–H groups in total.